The number of hydrogen-bond donors (Lipinski definition) is 2. The molecule has 0 aromatic heterocycles. The second-order valence-electron chi connectivity index (χ2n) is 5.33. The van der Waals surface area contributed by atoms with E-state index in [1.165, 1.54) is 0 Å². The molecule has 5 heteroatoms. The molecule has 0 unspecified atom stereocenters. The number of carbonyl (C=O) groups is 2. The molecule has 0 aromatic rings. The van der Waals surface area contributed by atoms with Crippen LogP contribution in [0.15, 0.2) is 0 Å². The van der Waals surface area contributed by atoms with Gasteiger partial charge in [0.25, 0.3) is 0 Å². The molecule has 110 valence electrons. The summed E-state index contributed by atoms with van der Waals surface area (Å²) in [6.45, 7) is 2.41. The summed E-state index contributed by atoms with van der Waals surface area (Å²) in [6, 6.07) is 0. The van der Waals surface area contributed by atoms with E-state index in [-0.39, 0.29) is 12.5 Å². The number of hydrogen-bond acceptors (Lipinski definition) is 3. The van der Waals surface area contributed by atoms with Gasteiger partial charge in [-0.25, -0.2) is 0 Å². The average Bonchev–Trinajstić information content (AvgIpc) is 2.42. The lowest BCUT2D eigenvalue weighted by Gasteiger charge is -2.33. The van der Waals surface area contributed by atoms with E-state index in [2.05, 4.69) is 12.2 Å². The zero-order valence-electron chi connectivity index (χ0n) is 11.7. The van der Waals surface area contributed by atoms with Crippen LogP contribution < -0.4 is 5.32 Å². The minimum absolute atomic E-state index is 0.0349. The van der Waals surface area contributed by atoms with Gasteiger partial charge < -0.3 is 10.4 Å². The van der Waals surface area contributed by atoms with Gasteiger partial charge in [0.15, 0.2) is 0 Å². The molecule has 1 rings (SSSR count). The Morgan fingerprint density at radius 3 is 2.53 bits per heavy atom. The first-order valence-electron chi connectivity index (χ1n) is 7.18. The number of unbranched alkanes of at least 4 members (excludes halogenated alkanes) is 1. The monoisotopic (exact) mass is 287 g/mol. The van der Waals surface area contributed by atoms with Crippen LogP contribution in [-0.4, -0.2) is 35.0 Å². The lowest BCUT2D eigenvalue weighted by atomic mass is 9.74. The highest BCUT2D eigenvalue weighted by atomic mass is 32.2. The molecule has 0 saturated heterocycles. The standard InChI is InChI=1S/C14H25NO3S/c1-2-3-9-19-10-12(16)15-11-14(13(17)18)7-5-4-6-8-14/h2-11H2,1H3,(H,15,16)(H,17,18). The Bertz CT molecular complexity index is 301. The number of carboxylic acids is 1. The molecule has 1 saturated carbocycles. The maximum absolute atomic E-state index is 11.7. The van der Waals surface area contributed by atoms with Crippen molar-refractivity contribution in [2.45, 2.75) is 51.9 Å². The minimum atomic E-state index is -0.758. The minimum Gasteiger partial charge on any atom is -0.481 e. The van der Waals surface area contributed by atoms with Crippen LogP contribution in [0.4, 0.5) is 0 Å². The van der Waals surface area contributed by atoms with E-state index >= 15 is 0 Å². The van der Waals surface area contributed by atoms with E-state index < -0.39 is 11.4 Å². The number of aliphatic carboxylic acids is 1. The molecule has 0 bridgehead atoms. The number of amides is 1. The van der Waals surface area contributed by atoms with E-state index in [1.54, 1.807) is 11.8 Å². The topological polar surface area (TPSA) is 66.4 Å². The summed E-state index contributed by atoms with van der Waals surface area (Å²) in [4.78, 5) is 23.1. The zero-order chi connectivity index (χ0) is 14.1. The molecule has 0 aromatic carbocycles. The van der Waals surface area contributed by atoms with Gasteiger partial charge in [0.2, 0.25) is 5.91 Å². The number of nitrogens with one attached hydrogen (secondary N) is 1. The second-order valence-corrected chi connectivity index (χ2v) is 6.43. The maximum atomic E-state index is 11.7. The van der Waals surface area contributed by atoms with Crippen molar-refractivity contribution in [2.75, 3.05) is 18.1 Å². The smallest absolute Gasteiger partial charge is 0.311 e. The molecule has 1 aliphatic rings. The summed E-state index contributed by atoms with van der Waals surface area (Å²) >= 11 is 1.62. The summed E-state index contributed by atoms with van der Waals surface area (Å²) in [5.74, 6) is 0.641. The van der Waals surface area contributed by atoms with E-state index in [0.717, 1.165) is 37.9 Å². The lowest BCUT2D eigenvalue weighted by Crippen LogP contribution is -2.44. The molecule has 0 atom stereocenters. The fourth-order valence-corrected chi connectivity index (χ4v) is 3.35. The van der Waals surface area contributed by atoms with Crippen molar-refractivity contribution in [3.05, 3.63) is 0 Å². The summed E-state index contributed by atoms with van der Waals surface area (Å²) in [6.07, 6.45) is 6.64. The average molecular weight is 287 g/mol. The van der Waals surface area contributed by atoms with Crippen LogP contribution in [0.25, 0.3) is 0 Å². The van der Waals surface area contributed by atoms with Crippen LogP contribution in [-0.2, 0) is 9.59 Å². The SMILES string of the molecule is CCCCSCC(=O)NCC1(C(=O)O)CCCCC1. The molecule has 0 aliphatic heterocycles. The van der Waals surface area contributed by atoms with Crippen molar-refractivity contribution in [1.29, 1.82) is 0 Å². The van der Waals surface area contributed by atoms with Crippen LogP contribution in [0.2, 0.25) is 0 Å². The van der Waals surface area contributed by atoms with E-state index in [0.29, 0.717) is 18.6 Å². The second kappa shape index (κ2) is 8.46. The molecule has 2 N–H and O–H groups in total. The summed E-state index contributed by atoms with van der Waals surface area (Å²) in [5, 5.41) is 12.2. The van der Waals surface area contributed by atoms with Gasteiger partial charge in [0.1, 0.15) is 0 Å². The first-order chi connectivity index (χ1) is 9.10. The van der Waals surface area contributed by atoms with Crippen molar-refractivity contribution >= 4 is 23.6 Å². The van der Waals surface area contributed by atoms with Gasteiger partial charge in [0, 0.05) is 6.54 Å². The van der Waals surface area contributed by atoms with Gasteiger partial charge in [-0.3, -0.25) is 9.59 Å². The molecule has 1 amide bonds. The number of carboxylic acid groups (broad SMARTS) is 1. The quantitative estimate of drug-likeness (QED) is 0.674. The van der Waals surface area contributed by atoms with Crippen LogP contribution >= 0.6 is 11.8 Å². The summed E-state index contributed by atoms with van der Waals surface area (Å²) in [5.41, 5.74) is -0.720. The van der Waals surface area contributed by atoms with Crippen molar-refractivity contribution < 1.29 is 14.7 Å². The Labute approximate surface area is 119 Å². The Morgan fingerprint density at radius 1 is 1.26 bits per heavy atom. The Morgan fingerprint density at radius 2 is 1.95 bits per heavy atom. The third kappa shape index (κ3) is 5.43. The molecule has 4 nitrogen and oxygen atoms in total. The fraction of sp³-hybridized carbons (Fsp3) is 0.857. The van der Waals surface area contributed by atoms with Crippen LogP contribution in [0, 0.1) is 5.41 Å². The van der Waals surface area contributed by atoms with Crippen molar-refractivity contribution in [2.24, 2.45) is 5.41 Å². The molecule has 1 fully saturated rings. The molecule has 19 heavy (non-hydrogen) atoms. The summed E-state index contributed by atoms with van der Waals surface area (Å²) < 4.78 is 0. The highest BCUT2D eigenvalue weighted by molar-refractivity contribution is 7.99. The molecule has 0 radical (unpaired) electrons. The number of rotatable bonds is 8. The van der Waals surface area contributed by atoms with Gasteiger partial charge >= 0.3 is 5.97 Å². The maximum Gasteiger partial charge on any atom is 0.311 e. The van der Waals surface area contributed by atoms with Crippen molar-refractivity contribution in [1.82, 2.24) is 5.32 Å². The van der Waals surface area contributed by atoms with E-state index in [1.807, 2.05) is 0 Å². The highest BCUT2D eigenvalue weighted by Crippen LogP contribution is 2.35. The summed E-state index contributed by atoms with van der Waals surface area (Å²) in [7, 11) is 0. The molecular formula is C14H25NO3S. The van der Waals surface area contributed by atoms with Gasteiger partial charge in [-0.05, 0) is 25.0 Å². The molecule has 0 heterocycles. The first-order valence-corrected chi connectivity index (χ1v) is 8.34. The molecule has 0 spiro atoms. The lowest BCUT2D eigenvalue weighted by molar-refractivity contribution is -0.150. The van der Waals surface area contributed by atoms with Crippen LogP contribution in [0.1, 0.15) is 51.9 Å². The Balaban J connectivity index is 2.31. The van der Waals surface area contributed by atoms with E-state index in [4.69, 9.17) is 0 Å². The third-order valence-corrected chi connectivity index (χ3v) is 4.81. The predicted molar refractivity (Wildman–Crippen MR) is 78.4 cm³/mol. The van der Waals surface area contributed by atoms with Crippen molar-refractivity contribution in [3.63, 3.8) is 0 Å². The third-order valence-electron chi connectivity index (χ3n) is 3.76. The number of thioether (sulfide) groups is 1. The van der Waals surface area contributed by atoms with Gasteiger partial charge in [-0.2, -0.15) is 11.8 Å². The fourth-order valence-electron chi connectivity index (χ4n) is 2.42. The zero-order valence-corrected chi connectivity index (χ0v) is 12.6. The predicted octanol–water partition coefficient (Wildman–Crippen LogP) is 2.67. The Kier molecular flexibility index (Phi) is 7.28. The number of carbonyl (C=O) groups excluding carboxylic acids is 1. The van der Waals surface area contributed by atoms with E-state index in [9.17, 15) is 14.7 Å². The molecule has 1 aliphatic carbocycles. The largest absolute Gasteiger partial charge is 0.481 e. The molecular weight excluding hydrogens is 262 g/mol. The normalized spacial score (nSPS) is 17.9. The highest BCUT2D eigenvalue weighted by Gasteiger charge is 2.39. The van der Waals surface area contributed by atoms with Crippen LogP contribution in [0.3, 0.4) is 0 Å². The van der Waals surface area contributed by atoms with Gasteiger partial charge in [0.05, 0.1) is 11.2 Å². The van der Waals surface area contributed by atoms with Gasteiger partial charge in [-0.1, -0.05) is 32.6 Å². The van der Waals surface area contributed by atoms with Crippen LogP contribution in [0.5, 0.6) is 0 Å². The van der Waals surface area contributed by atoms with Crippen molar-refractivity contribution in [3.8, 4) is 0 Å². The van der Waals surface area contributed by atoms with Gasteiger partial charge in [-0.15, -0.1) is 0 Å². The first kappa shape index (κ1) is 16.3. The Hall–Kier alpha value is -0.710.